The standard InChI is InChI=1S/AsH3O4.Na.3H2O/c2-1(3,4)5;;;;/h(H3,2,3,4,5);;3*1H2/q;+1;;;/p-2. The molecule has 0 amide bonds. The number of hydrogen-bond acceptors (Lipinski definition) is 3. The van der Waals surface area contributed by atoms with Gasteiger partial charge in [-0.2, -0.15) is 0 Å². The van der Waals surface area contributed by atoms with Gasteiger partial charge in [-0.1, -0.05) is 0 Å². The molecule has 0 aliphatic rings. The van der Waals surface area contributed by atoms with E-state index in [1.165, 1.54) is 0 Å². The molecule has 0 aromatic carbocycles. The molecule has 0 aromatic rings. The van der Waals surface area contributed by atoms with E-state index in [0.29, 0.717) is 0 Å². The van der Waals surface area contributed by atoms with Crippen molar-refractivity contribution in [2.24, 2.45) is 0 Å². The molecule has 0 aromatic heterocycles. The van der Waals surface area contributed by atoms with Crippen molar-refractivity contribution >= 4 is 14.5 Å². The third-order valence-corrected chi connectivity index (χ3v) is 0. The Morgan fingerprint density at radius 1 is 1.11 bits per heavy atom. The van der Waals surface area contributed by atoms with Gasteiger partial charge in [-0.25, -0.2) is 0 Å². The molecule has 56 valence electrons. The van der Waals surface area contributed by atoms with E-state index in [-0.39, 0.29) is 46.0 Å². The SMILES string of the molecule is O.O.O.O=[As]([O-])([O-])O.[Na+]. The second-order valence-electron chi connectivity index (χ2n) is 0.469. The first kappa shape index (κ1) is 32.1. The Hall–Kier alpha value is 1.12. The van der Waals surface area contributed by atoms with E-state index >= 15 is 0 Å². The minimum absolute atomic E-state index is 0. The fraction of sp³-hybridized carbons (Fsp3) is 0. The summed E-state index contributed by atoms with van der Waals surface area (Å²) in [5.41, 5.74) is 0. The van der Waals surface area contributed by atoms with Crippen LogP contribution >= 0.6 is 0 Å². The maximum Gasteiger partial charge on any atom is 1.00 e. The van der Waals surface area contributed by atoms with Crippen LogP contribution < -0.4 is 37.7 Å². The van der Waals surface area contributed by atoms with Gasteiger partial charge in [-0.05, 0) is 0 Å². The van der Waals surface area contributed by atoms with E-state index in [1.54, 1.807) is 0 Å². The van der Waals surface area contributed by atoms with E-state index in [0.717, 1.165) is 0 Å². The Labute approximate surface area is 76.3 Å². The van der Waals surface area contributed by atoms with Crippen LogP contribution in [0.3, 0.4) is 0 Å². The van der Waals surface area contributed by atoms with Crippen molar-refractivity contribution in [2.75, 3.05) is 0 Å². The third-order valence-electron chi connectivity index (χ3n) is 0. The first-order valence-electron chi connectivity index (χ1n) is 0.748. The molecular weight excluding hydrogens is 210 g/mol. The van der Waals surface area contributed by atoms with Crippen molar-refractivity contribution in [3.63, 3.8) is 0 Å². The summed E-state index contributed by atoms with van der Waals surface area (Å²) in [5, 5.41) is 0. The molecule has 9 heteroatoms. The molecule has 7 nitrogen and oxygen atoms in total. The molecule has 0 spiro atoms. The van der Waals surface area contributed by atoms with Crippen molar-refractivity contribution in [1.82, 2.24) is 0 Å². The summed E-state index contributed by atoms with van der Waals surface area (Å²) >= 11 is -5.62. The van der Waals surface area contributed by atoms with Crippen molar-refractivity contribution in [3.05, 3.63) is 0 Å². The Morgan fingerprint density at radius 2 is 1.11 bits per heavy atom. The first-order valence-corrected chi connectivity index (χ1v) is 3.89. The Bertz CT molecular complexity index is 55.1. The van der Waals surface area contributed by atoms with Crippen LogP contribution in [0.15, 0.2) is 0 Å². The summed E-state index contributed by atoms with van der Waals surface area (Å²) < 4.78 is 33.2. The molecule has 9 heavy (non-hydrogen) atoms. The second-order valence-corrected chi connectivity index (χ2v) is 2.43. The predicted molar refractivity (Wildman–Crippen MR) is 19.5 cm³/mol. The summed E-state index contributed by atoms with van der Waals surface area (Å²) in [4.78, 5) is 0. The maximum atomic E-state index is 8.72. The van der Waals surface area contributed by atoms with E-state index < -0.39 is 14.5 Å². The third kappa shape index (κ3) is 369. The van der Waals surface area contributed by atoms with Gasteiger partial charge >= 0.3 is 60.1 Å². The second kappa shape index (κ2) is 11.9. The monoisotopic (exact) mass is 217 g/mol. The van der Waals surface area contributed by atoms with Gasteiger partial charge in [0.1, 0.15) is 0 Å². The average Bonchev–Trinajstić information content (AvgIpc) is 0.722. The molecule has 7 N–H and O–H groups in total. The maximum absolute atomic E-state index is 8.72. The van der Waals surface area contributed by atoms with Crippen LogP contribution in [0, 0.1) is 0 Å². The fourth-order valence-electron chi connectivity index (χ4n) is 0. The summed E-state index contributed by atoms with van der Waals surface area (Å²) in [7, 11) is 0. The van der Waals surface area contributed by atoms with E-state index in [1.807, 2.05) is 0 Å². The molecule has 0 saturated heterocycles. The van der Waals surface area contributed by atoms with Gasteiger partial charge in [0, 0.05) is 0 Å². The van der Waals surface area contributed by atoms with E-state index in [4.69, 9.17) is 16.0 Å². The van der Waals surface area contributed by atoms with Gasteiger partial charge in [0.15, 0.2) is 0 Å². The summed E-state index contributed by atoms with van der Waals surface area (Å²) in [5.74, 6) is 0. The topological polar surface area (TPSA) is 178 Å². The number of rotatable bonds is 0. The normalized spacial score (nSPS) is 6.56. The summed E-state index contributed by atoms with van der Waals surface area (Å²) in [6, 6.07) is 0. The number of hydrogen-bond donors (Lipinski definition) is 1. The fourth-order valence-corrected chi connectivity index (χ4v) is 0. The molecule has 0 bridgehead atoms. The summed E-state index contributed by atoms with van der Waals surface area (Å²) in [6.07, 6.45) is 0. The Kier molecular flexibility index (Phi) is 42.3. The van der Waals surface area contributed by atoms with Gasteiger partial charge < -0.3 is 16.4 Å². The van der Waals surface area contributed by atoms with Crippen LogP contribution in [0.2, 0.25) is 0 Å². The molecule has 0 rings (SSSR count). The molecule has 0 fully saturated rings. The molecule has 0 radical (unpaired) electrons. The average molecular weight is 217 g/mol. The molecule has 0 aliphatic carbocycles. The minimum atomic E-state index is -5.62. The van der Waals surface area contributed by atoms with Crippen LogP contribution in [0.1, 0.15) is 0 Å². The summed E-state index contributed by atoms with van der Waals surface area (Å²) in [6.45, 7) is 0. The van der Waals surface area contributed by atoms with Crippen LogP contribution in [-0.4, -0.2) is 35.0 Å². The molecule has 0 unspecified atom stereocenters. The molecule has 0 atom stereocenters. The zero-order valence-electron chi connectivity index (χ0n) is 4.62. The zero-order chi connectivity index (χ0) is 4.50. The van der Waals surface area contributed by atoms with Crippen molar-refractivity contribution in [1.29, 1.82) is 0 Å². The minimum Gasteiger partial charge on any atom is 1.00 e. The smallest absolute Gasteiger partial charge is 1.00 e. The van der Waals surface area contributed by atoms with Gasteiger partial charge in [0.2, 0.25) is 0 Å². The quantitative estimate of drug-likeness (QED) is 0.396. The first-order chi connectivity index (χ1) is 2.00. The predicted octanol–water partition coefficient (Wildman–Crippen LogP) is -8.90. The van der Waals surface area contributed by atoms with Gasteiger partial charge in [-0.3, -0.25) is 0 Å². The van der Waals surface area contributed by atoms with Crippen molar-refractivity contribution < 1.29 is 62.0 Å². The van der Waals surface area contributed by atoms with Crippen LogP contribution in [0.5, 0.6) is 0 Å². The molecule has 0 aliphatic heterocycles. The van der Waals surface area contributed by atoms with E-state index in [9.17, 15) is 0 Å². The van der Waals surface area contributed by atoms with E-state index in [2.05, 4.69) is 0 Å². The van der Waals surface area contributed by atoms with Crippen LogP contribution in [0.25, 0.3) is 0 Å². The zero-order valence-corrected chi connectivity index (χ0v) is 8.50. The van der Waals surface area contributed by atoms with Crippen molar-refractivity contribution in [2.45, 2.75) is 0 Å². The Morgan fingerprint density at radius 3 is 1.11 bits per heavy atom. The van der Waals surface area contributed by atoms with Crippen LogP contribution in [-0.2, 0) is 3.74 Å². The van der Waals surface area contributed by atoms with Gasteiger partial charge in [-0.15, -0.1) is 0 Å². The van der Waals surface area contributed by atoms with Crippen molar-refractivity contribution in [3.8, 4) is 0 Å². The molecular formula is H7AsNaO7-. The molecule has 0 heterocycles. The van der Waals surface area contributed by atoms with Crippen LogP contribution in [0.4, 0.5) is 0 Å². The largest absolute Gasteiger partial charge is 1.00 e. The molecule has 0 saturated carbocycles. The Balaban J connectivity index is -0.0000000133. The van der Waals surface area contributed by atoms with Gasteiger partial charge in [0.05, 0.1) is 0 Å². The van der Waals surface area contributed by atoms with Gasteiger partial charge in [0.25, 0.3) is 0 Å².